The standard InChI is InChI=1S/C24H24N2/c1-3-24(21-10-6-8-17-7-4-5-9-18(17)21)23-19(13-14-25-24)20-15-16(2)11-12-22(20)26-23/h4-12,15,25-26H,3,13-14H2,1-2H3/t24-/m0/s1. The van der Waals surface area contributed by atoms with E-state index in [1.54, 1.807) is 0 Å². The predicted octanol–water partition coefficient (Wildman–Crippen LogP) is 5.43. The Morgan fingerprint density at radius 2 is 1.81 bits per heavy atom. The summed E-state index contributed by atoms with van der Waals surface area (Å²) in [4.78, 5) is 3.79. The molecule has 0 saturated heterocycles. The molecule has 0 spiro atoms. The van der Waals surface area contributed by atoms with Crippen molar-refractivity contribution < 1.29 is 0 Å². The molecule has 2 heteroatoms. The van der Waals surface area contributed by atoms with Crippen molar-refractivity contribution in [2.75, 3.05) is 6.54 Å². The van der Waals surface area contributed by atoms with E-state index in [2.05, 4.69) is 84.8 Å². The topological polar surface area (TPSA) is 27.8 Å². The van der Waals surface area contributed by atoms with Crippen LogP contribution in [0.3, 0.4) is 0 Å². The summed E-state index contributed by atoms with van der Waals surface area (Å²) in [6.45, 7) is 5.48. The normalized spacial score (nSPS) is 19.8. The number of aromatic amines is 1. The number of nitrogens with one attached hydrogen (secondary N) is 2. The molecule has 0 radical (unpaired) electrons. The number of rotatable bonds is 2. The van der Waals surface area contributed by atoms with Gasteiger partial charge >= 0.3 is 0 Å². The van der Waals surface area contributed by atoms with Crippen LogP contribution in [-0.2, 0) is 12.0 Å². The molecule has 2 heterocycles. The molecular formula is C24H24N2. The highest BCUT2D eigenvalue weighted by Crippen LogP contribution is 2.42. The van der Waals surface area contributed by atoms with Gasteiger partial charge in [-0.15, -0.1) is 0 Å². The van der Waals surface area contributed by atoms with Crippen molar-refractivity contribution in [2.24, 2.45) is 0 Å². The molecule has 0 unspecified atom stereocenters. The molecular weight excluding hydrogens is 316 g/mol. The molecule has 0 aliphatic carbocycles. The van der Waals surface area contributed by atoms with Gasteiger partial charge in [0, 0.05) is 23.1 Å². The zero-order chi connectivity index (χ0) is 17.7. The van der Waals surface area contributed by atoms with E-state index in [1.165, 1.54) is 44.1 Å². The Morgan fingerprint density at radius 1 is 0.962 bits per heavy atom. The summed E-state index contributed by atoms with van der Waals surface area (Å²) in [7, 11) is 0. The first-order valence-corrected chi connectivity index (χ1v) is 9.58. The first kappa shape index (κ1) is 15.7. The molecule has 1 aliphatic rings. The SMILES string of the molecule is CC[C@@]1(c2cccc3ccccc23)NCCc2c1[nH]c1ccc(C)cc21. The van der Waals surface area contributed by atoms with E-state index >= 15 is 0 Å². The third-order valence-corrected chi connectivity index (χ3v) is 6.07. The monoisotopic (exact) mass is 340 g/mol. The summed E-state index contributed by atoms with van der Waals surface area (Å²) in [5.74, 6) is 0. The van der Waals surface area contributed by atoms with Crippen molar-refractivity contribution in [3.63, 3.8) is 0 Å². The van der Waals surface area contributed by atoms with Gasteiger partial charge in [-0.2, -0.15) is 0 Å². The van der Waals surface area contributed by atoms with Gasteiger partial charge in [-0.25, -0.2) is 0 Å². The number of aryl methyl sites for hydroxylation is 1. The van der Waals surface area contributed by atoms with Gasteiger partial charge in [-0.1, -0.05) is 61.0 Å². The molecule has 0 bridgehead atoms. The minimum Gasteiger partial charge on any atom is -0.356 e. The molecule has 4 aromatic rings. The Kier molecular flexibility index (Phi) is 3.44. The van der Waals surface area contributed by atoms with Gasteiger partial charge in [-0.3, -0.25) is 0 Å². The van der Waals surface area contributed by atoms with Gasteiger partial charge < -0.3 is 10.3 Å². The summed E-state index contributed by atoms with van der Waals surface area (Å²) in [6, 6.07) is 22.2. The minimum atomic E-state index is -0.165. The lowest BCUT2D eigenvalue weighted by atomic mass is 9.77. The average Bonchev–Trinajstić information content (AvgIpc) is 3.06. The van der Waals surface area contributed by atoms with Crippen LogP contribution < -0.4 is 5.32 Å². The van der Waals surface area contributed by atoms with Crippen molar-refractivity contribution >= 4 is 21.7 Å². The van der Waals surface area contributed by atoms with Crippen LogP contribution in [0.15, 0.2) is 60.7 Å². The van der Waals surface area contributed by atoms with Gasteiger partial charge in [0.25, 0.3) is 0 Å². The predicted molar refractivity (Wildman–Crippen MR) is 110 cm³/mol. The smallest absolute Gasteiger partial charge is 0.0848 e. The van der Waals surface area contributed by atoms with Gasteiger partial charge in [0.1, 0.15) is 0 Å². The number of benzene rings is 3. The highest BCUT2D eigenvalue weighted by Gasteiger charge is 2.39. The quantitative estimate of drug-likeness (QED) is 0.500. The van der Waals surface area contributed by atoms with Gasteiger partial charge in [0.15, 0.2) is 0 Å². The zero-order valence-corrected chi connectivity index (χ0v) is 15.4. The summed E-state index contributed by atoms with van der Waals surface area (Å²) >= 11 is 0. The van der Waals surface area contributed by atoms with E-state index in [-0.39, 0.29) is 5.54 Å². The molecule has 130 valence electrons. The van der Waals surface area contributed by atoms with E-state index in [4.69, 9.17) is 0 Å². The van der Waals surface area contributed by atoms with Crippen LogP contribution in [-0.4, -0.2) is 11.5 Å². The molecule has 2 nitrogen and oxygen atoms in total. The average molecular weight is 340 g/mol. The number of fused-ring (bicyclic) bond motifs is 4. The maximum absolute atomic E-state index is 3.89. The zero-order valence-electron chi connectivity index (χ0n) is 15.4. The molecule has 5 rings (SSSR count). The second-order valence-electron chi connectivity index (χ2n) is 7.49. The molecule has 1 aliphatic heterocycles. The van der Waals surface area contributed by atoms with Crippen molar-refractivity contribution in [1.29, 1.82) is 0 Å². The fourth-order valence-electron chi connectivity index (χ4n) is 4.79. The first-order chi connectivity index (χ1) is 12.7. The number of aromatic nitrogens is 1. The van der Waals surface area contributed by atoms with Crippen molar-refractivity contribution in [3.05, 3.63) is 83.0 Å². The molecule has 0 fully saturated rings. The van der Waals surface area contributed by atoms with E-state index in [0.29, 0.717) is 0 Å². The lowest BCUT2D eigenvalue weighted by Gasteiger charge is -2.39. The Labute approximate surface area is 154 Å². The van der Waals surface area contributed by atoms with Crippen LogP contribution in [0.25, 0.3) is 21.7 Å². The highest BCUT2D eigenvalue weighted by atomic mass is 15.0. The highest BCUT2D eigenvalue weighted by molar-refractivity contribution is 5.90. The van der Waals surface area contributed by atoms with Gasteiger partial charge in [0.2, 0.25) is 0 Å². The van der Waals surface area contributed by atoms with Crippen LogP contribution in [0.5, 0.6) is 0 Å². The molecule has 1 atom stereocenters. The first-order valence-electron chi connectivity index (χ1n) is 9.58. The van der Waals surface area contributed by atoms with Crippen LogP contribution in [0.1, 0.15) is 35.7 Å². The van der Waals surface area contributed by atoms with Crippen LogP contribution in [0.4, 0.5) is 0 Å². The summed E-state index contributed by atoms with van der Waals surface area (Å²) < 4.78 is 0. The molecule has 3 aromatic carbocycles. The van der Waals surface area contributed by atoms with Crippen LogP contribution >= 0.6 is 0 Å². The Balaban J connectivity index is 1.84. The van der Waals surface area contributed by atoms with E-state index < -0.39 is 0 Å². The largest absolute Gasteiger partial charge is 0.356 e. The fraction of sp³-hybridized carbons (Fsp3) is 0.250. The van der Waals surface area contributed by atoms with Gasteiger partial charge in [0.05, 0.1) is 5.54 Å². The lowest BCUT2D eigenvalue weighted by molar-refractivity contribution is 0.363. The van der Waals surface area contributed by atoms with E-state index in [9.17, 15) is 0 Å². The third-order valence-electron chi connectivity index (χ3n) is 6.07. The number of hydrogen-bond donors (Lipinski definition) is 2. The van der Waals surface area contributed by atoms with Crippen molar-refractivity contribution in [2.45, 2.75) is 32.2 Å². The van der Waals surface area contributed by atoms with Crippen LogP contribution in [0, 0.1) is 6.92 Å². The Bertz CT molecular complexity index is 1120. The Morgan fingerprint density at radius 3 is 2.69 bits per heavy atom. The van der Waals surface area contributed by atoms with Crippen LogP contribution in [0.2, 0.25) is 0 Å². The van der Waals surface area contributed by atoms with E-state index in [1.807, 2.05) is 0 Å². The third kappa shape index (κ3) is 2.09. The summed E-state index contributed by atoms with van der Waals surface area (Å²) in [5.41, 5.74) is 6.62. The molecule has 2 N–H and O–H groups in total. The lowest BCUT2D eigenvalue weighted by Crippen LogP contribution is -2.48. The number of H-pyrrole nitrogens is 1. The van der Waals surface area contributed by atoms with E-state index in [0.717, 1.165) is 19.4 Å². The molecule has 26 heavy (non-hydrogen) atoms. The van der Waals surface area contributed by atoms with Crippen molar-refractivity contribution in [3.8, 4) is 0 Å². The second-order valence-corrected chi connectivity index (χ2v) is 7.49. The summed E-state index contributed by atoms with van der Waals surface area (Å²) in [5, 5.41) is 7.92. The summed E-state index contributed by atoms with van der Waals surface area (Å²) in [6.07, 6.45) is 2.09. The molecule has 0 saturated carbocycles. The molecule has 1 aromatic heterocycles. The minimum absolute atomic E-state index is 0.165. The maximum Gasteiger partial charge on any atom is 0.0848 e. The number of hydrogen-bond acceptors (Lipinski definition) is 1. The molecule has 0 amide bonds. The second kappa shape index (κ2) is 5.72. The maximum atomic E-state index is 3.89. The van der Waals surface area contributed by atoms with Crippen molar-refractivity contribution in [1.82, 2.24) is 10.3 Å². The Hall–Kier alpha value is -2.58. The van der Waals surface area contributed by atoms with Gasteiger partial charge in [-0.05, 0) is 53.8 Å². The fourth-order valence-corrected chi connectivity index (χ4v) is 4.79.